The molecule has 8 nitrogen and oxygen atoms in total. The molecule has 0 aromatic heterocycles. The van der Waals surface area contributed by atoms with Crippen LogP contribution in [0, 0.1) is 17.2 Å². The zero-order valence-electron chi connectivity index (χ0n) is 17.6. The lowest BCUT2D eigenvalue weighted by molar-refractivity contribution is -0.145. The maximum atomic E-state index is 12.8. The predicted octanol–water partition coefficient (Wildman–Crippen LogP) is 3.08. The Morgan fingerprint density at radius 2 is 2.12 bits per heavy atom. The molecule has 0 fully saturated rings. The predicted molar refractivity (Wildman–Crippen MR) is 122 cm³/mol. The first-order chi connectivity index (χ1) is 15.2. The summed E-state index contributed by atoms with van der Waals surface area (Å²) in [6.45, 7) is 1.78. The van der Waals surface area contributed by atoms with Gasteiger partial charge in [0.15, 0.2) is 18.2 Å². The van der Waals surface area contributed by atoms with E-state index in [-0.39, 0.29) is 59.3 Å². The molecule has 1 aliphatic carbocycles. The maximum Gasteiger partial charge on any atom is 0.344 e. The number of carbonyl (C=O) groups is 3. The van der Waals surface area contributed by atoms with E-state index in [9.17, 15) is 19.5 Å². The third-order valence-corrected chi connectivity index (χ3v) is 6.12. The zero-order chi connectivity index (χ0) is 23.4. The Morgan fingerprint density at radius 3 is 2.81 bits per heavy atom. The van der Waals surface area contributed by atoms with Crippen LogP contribution in [0.25, 0.3) is 0 Å². The van der Waals surface area contributed by atoms with E-state index in [0.29, 0.717) is 11.6 Å². The van der Waals surface area contributed by atoms with Crippen LogP contribution in [-0.4, -0.2) is 65.1 Å². The third kappa shape index (κ3) is 5.16. The van der Waals surface area contributed by atoms with E-state index in [1.54, 1.807) is 30.4 Å². The fourth-order valence-electron chi connectivity index (χ4n) is 3.57. The SMILES string of the molecule is CCOC(=O)COc1cc(O)c(C(=O)CN2C=C3C=CC(C(=N)SC)C(=O)C3C2)cc1Cl. The van der Waals surface area contributed by atoms with E-state index in [1.807, 2.05) is 6.08 Å². The molecule has 2 N–H and O–H groups in total. The Balaban J connectivity index is 1.66. The standard InChI is InChI=1S/C22H23ClN2O6S/c1-3-30-20(28)11-31-19-7-17(26)14(6-16(19)23)18(27)10-25-8-12-4-5-13(22(24)32-2)21(29)15(12)9-25/h4-8,13,15,24,26H,3,9-11H2,1-2H3. The molecule has 0 spiro atoms. The van der Waals surface area contributed by atoms with Crippen molar-refractivity contribution >= 4 is 45.9 Å². The number of benzene rings is 1. The molecule has 0 saturated heterocycles. The Labute approximate surface area is 194 Å². The molecule has 10 heteroatoms. The summed E-state index contributed by atoms with van der Waals surface area (Å²) < 4.78 is 10.0. The van der Waals surface area contributed by atoms with E-state index in [4.69, 9.17) is 26.5 Å². The Kier molecular flexibility index (Phi) is 7.63. The molecule has 2 aliphatic rings. The van der Waals surface area contributed by atoms with Crippen molar-refractivity contribution in [1.82, 2.24) is 4.90 Å². The minimum absolute atomic E-state index is 0.00987. The maximum absolute atomic E-state index is 12.8. The summed E-state index contributed by atoms with van der Waals surface area (Å²) >= 11 is 7.40. The van der Waals surface area contributed by atoms with Gasteiger partial charge in [0.2, 0.25) is 0 Å². The van der Waals surface area contributed by atoms with E-state index >= 15 is 0 Å². The van der Waals surface area contributed by atoms with Crippen LogP contribution in [-0.2, 0) is 14.3 Å². The van der Waals surface area contributed by atoms with Crippen molar-refractivity contribution in [3.63, 3.8) is 0 Å². The summed E-state index contributed by atoms with van der Waals surface area (Å²) in [5.41, 5.74) is 0.814. The van der Waals surface area contributed by atoms with Crippen LogP contribution in [0.1, 0.15) is 17.3 Å². The van der Waals surface area contributed by atoms with Gasteiger partial charge in [-0.1, -0.05) is 23.8 Å². The second-order valence-corrected chi connectivity index (χ2v) is 8.49. The van der Waals surface area contributed by atoms with Crippen molar-refractivity contribution in [1.29, 1.82) is 5.41 Å². The van der Waals surface area contributed by atoms with Crippen molar-refractivity contribution < 1.29 is 29.0 Å². The average Bonchev–Trinajstić information content (AvgIpc) is 3.17. The number of Topliss-reactive ketones (excluding diaryl/α,β-unsaturated/α-hetero) is 2. The Morgan fingerprint density at radius 1 is 1.38 bits per heavy atom. The van der Waals surface area contributed by atoms with Crippen molar-refractivity contribution in [3.8, 4) is 11.5 Å². The van der Waals surface area contributed by atoms with Crippen LogP contribution in [0.2, 0.25) is 5.02 Å². The molecule has 0 saturated carbocycles. The monoisotopic (exact) mass is 478 g/mol. The largest absolute Gasteiger partial charge is 0.507 e. The number of allylic oxidation sites excluding steroid dienone is 2. The van der Waals surface area contributed by atoms with E-state index in [0.717, 1.165) is 5.57 Å². The number of carbonyl (C=O) groups excluding carboxylic acids is 3. The highest BCUT2D eigenvalue weighted by Gasteiger charge is 2.38. The number of esters is 1. The van der Waals surface area contributed by atoms with Gasteiger partial charge in [-0.25, -0.2) is 4.79 Å². The summed E-state index contributed by atoms with van der Waals surface area (Å²) in [6.07, 6.45) is 7.07. The van der Waals surface area contributed by atoms with Crippen LogP contribution in [0.5, 0.6) is 11.5 Å². The normalized spacial score (nSPS) is 19.4. The van der Waals surface area contributed by atoms with Crippen molar-refractivity contribution in [3.05, 3.63) is 46.6 Å². The second kappa shape index (κ2) is 10.2. The van der Waals surface area contributed by atoms with Gasteiger partial charge in [-0.15, -0.1) is 11.8 Å². The number of fused-ring (bicyclic) bond motifs is 1. The van der Waals surface area contributed by atoms with Gasteiger partial charge in [0.25, 0.3) is 0 Å². The molecule has 1 aromatic carbocycles. The zero-order valence-corrected chi connectivity index (χ0v) is 19.2. The molecule has 2 unspecified atom stereocenters. The first-order valence-electron chi connectivity index (χ1n) is 9.89. The molecule has 0 amide bonds. The minimum Gasteiger partial charge on any atom is -0.507 e. The smallest absolute Gasteiger partial charge is 0.344 e. The van der Waals surface area contributed by atoms with Gasteiger partial charge in [-0.05, 0) is 24.8 Å². The summed E-state index contributed by atoms with van der Waals surface area (Å²) in [6, 6.07) is 2.47. The second-order valence-electron chi connectivity index (χ2n) is 7.24. The third-order valence-electron chi connectivity index (χ3n) is 5.13. The van der Waals surface area contributed by atoms with E-state index in [2.05, 4.69) is 0 Å². The number of rotatable bonds is 8. The minimum atomic E-state index is -0.578. The number of phenols is 1. The number of thioether (sulfide) groups is 1. The first kappa shape index (κ1) is 23.9. The van der Waals surface area contributed by atoms with Crippen molar-refractivity contribution in [2.24, 2.45) is 11.8 Å². The van der Waals surface area contributed by atoms with E-state index < -0.39 is 11.9 Å². The molecule has 1 aromatic rings. The van der Waals surface area contributed by atoms with Gasteiger partial charge in [0.1, 0.15) is 11.5 Å². The fraction of sp³-hybridized carbons (Fsp3) is 0.364. The summed E-state index contributed by atoms with van der Waals surface area (Å²) in [7, 11) is 0. The number of hydrogen-bond donors (Lipinski definition) is 2. The molecule has 2 atom stereocenters. The van der Waals surface area contributed by atoms with Crippen LogP contribution in [0.3, 0.4) is 0 Å². The number of aromatic hydroxyl groups is 1. The molecule has 1 heterocycles. The van der Waals surface area contributed by atoms with Crippen LogP contribution in [0.4, 0.5) is 0 Å². The number of ether oxygens (including phenoxy) is 2. The highest BCUT2D eigenvalue weighted by Crippen LogP contribution is 2.35. The quantitative estimate of drug-likeness (QED) is 0.253. The van der Waals surface area contributed by atoms with Gasteiger partial charge < -0.3 is 19.5 Å². The van der Waals surface area contributed by atoms with E-state index in [1.165, 1.54) is 23.9 Å². The molecule has 32 heavy (non-hydrogen) atoms. The lowest BCUT2D eigenvalue weighted by Crippen LogP contribution is -2.34. The van der Waals surface area contributed by atoms with Crippen molar-refractivity contribution in [2.45, 2.75) is 6.92 Å². The molecule has 0 bridgehead atoms. The summed E-state index contributed by atoms with van der Waals surface area (Å²) in [4.78, 5) is 38.7. The lowest BCUT2D eigenvalue weighted by atomic mass is 9.84. The number of halogens is 1. The number of nitrogens with zero attached hydrogens (tertiary/aromatic N) is 1. The highest BCUT2D eigenvalue weighted by molar-refractivity contribution is 8.13. The average molecular weight is 479 g/mol. The van der Waals surface area contributed by atoms with Gasteiger partial charge in [-0.2, -0.15) is 0 Å². The van der Waals surface area contributed by atoms with Crippen LogP contribution < -0.4 is 4.74 Å². The lowest BCUT2D eigenvalue weighted by Gasteiger charge is -2.23. The number of nitrogens with one attached hydrogen (secondary N) is 1. The highest BCUT2D eigenvalue weighted by atomic mass is 35.5. The molecular weight excluding hydrogens is 456 g/mol. The molecule has 3 rings (SSSR count). The Hall–Kier alpha value is -2.78. The van der Waals surface area contributed by atoms with Crippen LogP contribution >= 0.6 is 23.4 Å². The topological polar surface area (TPSA) is 117 Å². The number of ketones is 2. The van der Waals surface area contributed by atoms with Crippen molar-refractivity contribution in [2.75, 3.05) is 32.6 Å². The summed E-state index contributed by atoms with van der Waals surface area (Å²) in [5, 5.41) is 18.6. The van der Waals surface area contributed by atoms with Crippen LogP contribution in [0.15, 0.2) is 36.1 Å². The fourth-order valence-corrected chi connectivity index (χ4v) is 4.23. The molecular formula is C22H23ClN2O6S. The van der Waals surface area contributed by atoms with Gasteiger partial charge in [0, 0.05) is 18.8 Å². The first-order valence-corrected chi connectivity index (χ1v) is 11.5. The molecule has 1 aliphatic heterocycles. The number of hydrogen-bond acceptors (Lipinski definition) is 9. The van der Waals surface area contributed by atoms with Gasteiger partial charge in [-0.3, -0.25) is 15.0 Å². The Bertz CT molecular complexity index is 1020. The van der Waals surface area contributed by atoms with Gasteiger partial charge >= 0.3 is 5.97 Å². The number of phenolic OH excluding ortho intramolecular Hbond substituents is 1. The summed E-state index contributed by atoms with van der Waals surface area (Å²) in [5.74, 6) is -2.23. The molecule has 0 radical (unpaired) electrons. The molecule has 170 valence electrons. The van der Waals surface area contributed by atoms with Gasteiger partial charge in [0.05, 0.1) is 40.6 Å².